The van der Waals surface area contributed by atoms with Crippen molar-refractivity contribution in [1.29, 1.82) is 0 Å². The van der Waals surface area contributed by atoms with E-state index in [-0.39, 0.29) is 29.9 Å². The Morgan fingerprint density at radius 3 is 2.68 bits per heavy atom. The summed E-state index contributed by atoms with van der Waals surface area (Å²) in [7, 11) is 0. The van der Waals surface area contributed by atoms with Crippen LogP contribution >= 0.6 is 24.0 Å². The summed E-state index contributed by atoms with van der Waals surface area (Å²) in [4.78, 5) is 16.5. The van der Waals surface area contributed by atoms with Gasteiger partial charge in [0.25, 0.3) is 5.91 Å². The lowest BCUT2D eigenvalue weighted by Gasteiger charge is -2.24. The summed E-state index contributed by atoms with van der Waals surface area (Å²) in [6, 6.07) is 2.33. The standard InChI is InChI=1S/C18H30N4O2.HI/c1-3-19-18(22-15-8-5-4-6-9-15)21-12-7-11-20-17(23)16-14(2)10-13-24-16;/h10,13,15H,3-9,11-12H2,1-2H3,(H,20,23)(H2,19,21,22);1H. The summed E-state index contributed by atoms with van der Waals surface area (Å²) >= 11 is 0. The number of nitrogens with one attached hydrogen (secondary N) is 3. The monoisotopic (exact) mass is 462 g/mol. The third-order valence-electron chi connectivity index (χ3n) is 4.25. The van der Waals surface area contributed by atoms with Gasteiger partial charge in [0.2, 0.25) is 0 Å². The van der Waals surface area contributed by atoms with E-state index in [2.05, 4.69) is 27.9 Å². The molecule has 0 radical (unpaired) electrons. The SMILES string of the molecule is CCNC(=NCCCNC(=O)c1occc1C)NC1CCCCC1.I. The minimum Gasteiger partial charge on any atom is -0.459 e. The molecule has 0 unspecified atom stereocenters. The molecule has 142 valence electrons. The number of furan rings is 1. The number of aliphatic imine (C=N–C) groups is 1. The Morgan fingerprint density at radius 1 is 1.28 bits per heavy atom. The first kappa shape index (κ1) is 21.8. The number of rotatable bonds is 7. The quantitative estimate of drug-likeness (QED) is 0.252. The Morgan fingerprint density at radius 2 is 2.04 bits per heavy atom. The van der Waals surface area contributed by atoms with Gasteiger partial charge in [0.05, 0.1) is 6.26 Å². The molecule has 25 heavy (non-hydrogen) atoms. The Bertz CT molecular complexity index is 539. The maximum absolute atomic E-state index is 11.9. The van der Waals surface area contributed by atoms with Crippen molar-refractivity contribution in [3.05, 3.63) is 23.7 Å². The molecule has 6 nitrogen and oxygen atoms in total. The van der Waals surface area contributed by atoms with Crippen LogP contribution in [-0.2, 0) is 0 Å². The van der Waals surface area contributed by atoms with Gasteiger partial charge in [0.1, 0.15) is 0 Å². The first-order chi connectivity index (χ1) is 11.7. The van der Waals surface area contributed by atoms with E-state index in [4.69, 9.17) is 4.42 Å². The zero-order valence-corrected chi connectivity index (χ0v) is 17.6. The van der Waals surface area contributed by atoms with Crippen molar-refractivity contribution >= 4 is 35.8 Å². The third-order valence-corrected chi connectivity index (χ3v) is 4.25. The number of carbonyl (C=O) groups is 1. The van der Waals surface area contributed by atoms with E-state index >= 15 is 0 Å². The van der Waals surface area contributed by atoms with Gasteiger partial charge in [-0.15, -0.1) is 24.0 Å². The summed E-state index contributed by atoms with van der Waals surface area (Å²) < 4.78 is 5.18. The van der Waals surface area contributed by atoms with Gasteiger partial charge in [0, 0.05) is 31.2 Å². The number of amides is 1. The number of halogens is 1. The van der Waals surface area contributed by atoms with Crippen LogP contribution < -0.4 is 16.0 Å². The largest absolute Gasteiger partial charge is 0.459 e. The molecule has 1 heterocycles. The number of hydrogen-bond acceptors (Lipinski definition) is 3. The fourth-order valence-corrected chi connectivity index (χ4v) is 2.92. The van der Waals surface area contributed by atoms with Crippen LogP contribution in [0.1, 0.15) is 61.6 Å². The van der Waals surface area contributed by atoms with Gasteiger partial charge in [-0.2, -0.15) is 0 Å². The minimum atomic E-state index is -0.159. The first-order valence-corrected chi connectivity index (χ1v) is 9.08. The average Bonchev–Trinajstić information content (AvgIpc) is 3.01. The topological polar surface area (TPSA) is 78.7 Å². The van der Waals surface area contributed by atoms with Crippen LogP contribution in [0.3, 0.4) is 0 Å². The van der Waals surface area contributed by atoms with E-state index in [9.17, 15) is 4.79 Å². The second-order valence-corrected chi connectivity index (χ2v) is 6.28. The van der Waals surface area contributed by atoms with Crippen molar-refractivity contribution in [2.75, 3.05) is 19.6 Å². The number of guanidine groups is 1. The molecule has 0 aromatic carbocycles. The highest BCUT2D eigenvalue weighted by Gasteiger charge is 2.14. The molecule has 0 atom stereocenters. The molecule has 1 aromatic heterocycles. The highest BCUT2D eigenvalue weighted by Crippen LogP contribution is 2.17. The summed E-state index contributed by atoms with van der Waals surface area (Å²) in [6.45, 7) is 6.06. The second kappa shape index (κ2) is 12.2. The molecule has 2 rings (SSSR count). The van der Waals surface area contributed by atoms with Crippen molar-refractivity contribution in [2.45, 2.75) is 58.4 Å². The molecule has 0 bridgehead atoms. The third kappa shape index (κ3) is 7.66. The minimum absolute atomic E-state index is 0. The highest BCUT2D eigenvalue weighted by molar-refractivity contribution is 14.0. The number of nitrogens with zero attached hydrogens (tertiary/aromatic N) is 1. The average molecular weight is 462 g/mol. The molecule has 1 saturated carbocycles. The van der Waals surface area contributed by atoms with Crippen molar-refractivity contribution < 1.29 is 9.21 Å². The molecule has 1 aliphatic rings. The maximum Gasteiger partial charge on any atom is 0.287 e. The van der Waals surface area contributed by atoms with Gasteiger partial charge >= 0.3 is 0 Å². The smallest absolute Gasteiger partial charge is 0.287 e. The van der Waals surface area contributed by atoms with Crippen LogP contribution in [0.2, 0.25) is 0 Å². The van der Waals surface area contributed by atoms with Crippen LogP contribution in [0.15, 0.2) is 21.7 Å². The molecular formula is C18H31IN4O2. The molecule has 0 saturated heterocycles. The van der Waals surface area contributed by atoms with E-state index in [1.165, 1.54) is 38.4 Å². The zero-order valence-electron chi connectivity index (χ0n) is 15.3. The van der Waals surface area contributed by atoms with Gasteiger partial charge < -0.3 is 20.4 Å². The lowest BCUT2D eigenvalue weighted by atomic mass is 9.96. The molecule has 1 amide bonds. The molecule has 3 N–H and O–H groups in total. The second-order valence-electron chi connectivity index (χ2n) is 6.28. The Kier molecular flexibility index (Phi) is 10.6. The van der Waals surface area contributed by atoms with E-state index in [1.54, 1.807) is 6.07 Å². The van der Waals surface area contributed by atoms with Crippen LogP contribution in [0.4, 0.5) is 0 Å². The Balaban J connectivity index is 0.00000312. The lowest BCUT2D eigenvalue weighted by Crippen LogP contribution is -2.44. The van der Waals surface area contributed by atoms with E-state index in [0.29, 0.717) is 24.9 Å². The van der Waals surface area contributed by atoms with Gasteiger partial charge in [-0.05, 0) is 39.2 Å². The molecular weight excluding hydrogens is 431 g/mol. The summed E-state index contributed by atoms with van der Waals surface area (Å²) in [6.07, 6.45) is 8.73. The molecule has 0 aliphatic heterocycles. The normalized spacial score (nSPS) is 15.4. The van der Waals surface area contributed by atoms with Gasteiger partial charge in [0.15, 0.2) is 11.7 Å². The molecule has 0 spiro atoms. The molecule has 1 aliphatic carbocycles. The van der Waals surface area contributed by atoms with Gasteiger partial charge in [-0.1, -0.05) is 19.3 Å². The van der Waals surface area contributed by atoms with Crippen molar-refractivity contribution in [3.8, 4) is 0 Å². The molecule has 7 heteroatoms. The Hall–Kier alpha value is -1.25. The summed E-state index contributed by atoms with van der Waals surface area (Å²) in [5.41, 5.74) is 0.858. The molecule has 1 aromatic rings. The first-order valence-electron chi connectivity index (χ1n) is 9.08. The highest BCUT2D eigenvalue weighted by atomic mass is 127. The number of carbonyl (C=O) groups excluding carboxylic acids is 1. The van der Waals surface area contributed by atoms with Crippen LogP contribution in [-0.4, -0.2) is 37.5 Å². The van der Waals surface area contributed by atoms with E-state index in [0.717, 1.165) is 24.5 Å². The summed E-state index contributed by atoms with van der Waals surface area (Å²) in [5.74, 6) is 1.12. The predicted octanol–water partition coefficient (Wildman–Crippen LogP) is 3.21. The van der Waals surface area contributed by atoms with Crippen LogP contribution in [0.25, 0.3) is 0 Å². The fraction of sp³-hybridized carbons (Fsp3) is 0.667. The van der Waals surface area contributed by atoms with Crippen molar-refractivity contribution in [3.63, 3.8) is 0 Å². The maximum atomic E-state index is 11.9. The van der Waals surface area contributed by atoms with E-state index in [1.807, 2.05) is 6.92 Å². The number of aryl methyl sites for hydroxylation is 1. The fourth-order valence-electron chi connectivity index (χ4n) is 2.92. The van der Waals surface area contributed by atoms with Crippen molar-refractivity contribution in [1.82, 2.24) is 16.0 Å². The van der Waals surface area contributed by atoms with Gasteiger partial charge in [-0.25, -0.2) is 0 Å². The zero-order chi connectivity index (χ0) is 17.2. The molecule has 1 fully saturated rings. The number of hydrogen-bond donors (Lipinski definition) is 3. The van der Waals surface area contributed by atoms with Crippen molar-refractivity contribution in [2.24, 2.45) is 4.99 Å². The van der Waals surface area contributed by atoms with Crippen LogP contribution in [0, 0.1) is 6.92 Å². The van der Waals surface area contributed by atoms with Crippen LogP contribution in [0.5, 0.6) is 0 Å². The lowest BCUT2D eigenvalue weighted by molar-refractivity contribution is 0.0925. The van der Waals surface area contributed by atoms with Gasteiger partial charge in [-0.3, -0.25) is 9.79 Å². The Labute approximate surface area is 167 Å². The summed E-state index contributed by atoms with van der Waals surface area (Å²) in [5, 5.41) is 9.69. The van der Waals surface area contributed by atoms with E-state index < -0.39 is 0 Å². The predicted molar refractivity (Wildman–Crippen MR) is 112 cm³/mol.